The largest absolute Gasteiger partial charge is 0.451 e. The molecule has 0 aliphatic carbocycles. The number of carbonyl (C=O) groups is 2. The van der Waals surface area contributed by atoms with Gasteiger partial charge in [0.15, 0.2) is 23.0 Å². The Hall–Kier alpha value is -5.00. The van der Waals surface area contributed by atoms with Crippen LogP contribution >= 0.6 is 46.7 Å². The molecule has 5 aromatic carbocycles. The smallest absolute Gasteiger partial charge is 0.238 e. The van der Waals surface area contributed by atoms with Crippen LogP contribution in [0.25, 0.3) is 12.2 Å². The minimum Gasteiger partial charge on any atom is -0.451 e. The standard InChI is InChI=1S/C40H26Cl2N4O4S2/c41-35-38-40(50-30-20-26(14-16-28(30)44-38)46-32(48)22-52-34(46)18-12-24-9-5-2-6-10-24)36(42)37-39(35)49-29-19-25(13-15-27(29)43-37)45-31(47)21-51-33(45)17-11-23-7-3-1-4-8-23/h1-20,33-34H,21-22H2/b17-11+,18-12+. The molecule has 8 nitrogen and oxygen atoms in total. The number of carbonyl (C=O) groups excluding carboxylic acids is 2. The van der Waals surface area contributed by atoms with Gasteiger partial charge in [0.2, 0.25) is 11.8 Å². The summed E-state index contributed by atoms with van der Waals surface area (Å²) in [4.78, 5) is 39.2. The van der Waals surface area contributed by atoms with Crippen molar-refractivity contribution in [2.45, 2.75) is 10.7 Å². The summed E-state index contributed by atoms with van der Waals surface area (Å²) in [7, 11) is 0. The normalized spacial score (nSPS) is 18.7. The summed E-state index contributed by atoms with van der Waals surface area (Å²) in [6.45, 7) is 0. The Morgan fingerprint density at radius 1 is 0.615 bits per heavy atom. The van der Waals surface area contributed by atoms with Crippen LogP contribution in [0.5, 0.6) is 23.0 Å². The number of benzene rings is 5. The number of thioether (sulfide) groups is 2. The maximum absolute atomic E-state index is 13.1. The van der Waals surface area contributed by atoms with Crippen molar-refractivity contribution in [1.29, 1.82) is 0 Å². The summed E-state index contributed by atoms with van der Waals surface area (Å²) in [5, 5.41) is 0.650. The topological polar surface area (TPSA) is 83.8 Å². The van der Waals surface area contributed by atoms with Gasteiger partial charge in [-0.3, -0.25) is 19.4 Å². The van der Waals surface area contributed by atoms with E-state index < -0.39 is 0 Å². The van der Waals surface area contributed by atoms with E-state index in [1.165, 1.54) is 0 Å². The SMILES string of the molecule is O=C1CSC(/C=C/c2ccccc2)N1c1ccc2c(c1)Oc1c(Cl)c3c(c(Cl)c1=N2)Oc1cc(N2C(=O)CSC2/C=C/c2ccccc2)ccc1N=3. The fourth-order valence-electron chi connectivity index (χ4n) is 6.39. The van der Waals surface area contributed by atoms with Crippen LogP contribution in [0.1, 0.15) is 11.1 Å². The van der Waals surface area contributed by atoms with Crippen molar-refractivity contribution in [3.63, 3.8) is 0 Å². The van der Waals surface area contributed by atoms with Crippen molar-refractivity contribution in [2.75, 3.05) is 21.3 Å². The lowest BCUT2D eigenvalue weighted by Gasteiger charge is -2.25. The number of amides is 2. The predicted octanol–water partition coefficient (Wildman–Crippen LogP) is 9.35. The number of halogens is 2. The molecule has 0 radical (unpaired) electrons. The van der Waals surface area contributed by atoms with Crippen LogP contribution in [-0.4, -0.2) is 34.1 Å². The van der Waals surface area contributed by atoms with Crippen LogP contribution in [0.2, 0.25) is 10.0 Å². The number of nitrogens with zero attached hydrogens (tertiary/aromatic N) is 4. The highest BCUT2D eigenvalue weighted by Gasteiger charge is 2.34. The molecule has 2 fully saturated rings. The van der Waals surface area contributed by atoms with Gasteiger partial charge >= 0.3 is 0 Å². The summed E-state index contributed by atoms with van der Waals surface area (Å²) >= 11 is 17.0. The molecule has 2 amide bonds. The van der Waals surface area contributed by atoms with Gasteiger partial charge in [-0.05, 0) is 35.4 Å². The molecule has 0 spiro atoms. The Labute approximate surface area is 317 Å². The lowest BCUT2D eigenvalue weighted by Crippen LogP contribution is -2.31. The molecule has 0 N–H and O–H groups in total. The van der Waals surface area contributed by atoms with E-state index in [2.05, 4.69) is 0 Å². The van der Waals surface area contributed by atoms with Crippen molar-refractivity contribution < 1.29 is 19.1 Å². The molecular formula is C40H26Cl2N4O4S2. The van der Waals surface area contributed by atoms with Gasteiger partial charge in [0.25, 0.3) is 0 Å². The molecule has 12 heteroatoms. The molecule has 0 aromatic heterocycles. The van der Waals surface area contributed by atoms with Crippen molar-refractivity contribution in [2.24, 2.45) is 9.98 Å². The second-order valence-electron chi connectivity index (χ2n) is 12.2. The highest BCUT2D eigenvalue weighted by molar-refractivity contribution is 8.01. The van der Waals surface area contributed by atoms with Gasteiger partial charge in [-0.1, -0.05) is 108 Å². The number of hydrogen-bond donors (Lipinski definition) is 0. The van der Waals surface area contributed by atoms with Gasteiger partial charge in [0.1, 0.15) is 42.9 Å². The van der Waals surface area contributed by atoms with Gasteiger partial charge in [-0.2, -0.15) is 0 Å². The molecule has 5 aromatic rings. The van der Waals surface area contributed by atoms with Crippen molar-refractivity contribution >= 4 is 93.4 Å². The minimum absolute atomic E-state index is 0.000694. The van der Waals surface area contributed by atoms with Crippen LogP contribution < -0.4 is 30.0 Å². The van der Waals surface area contributed by atoms with Gasteiger partial charge in [0, 0.05) is 23.5 Å². The van der Waals surface area contributed by atoms with Crippen molar-refractivity contribution in [3.05, 3.63) is 141 Å². The Kier molecular flexibility index (Phi) is 8.55. The lowest BCUT2D eigenvalue weighted by molar-refractivity contribution is -0.116. The molecule has 2 atom stereocenters. The van der Waals surface area contributed by atoms with E-state index in [-0.39, 0.29) is 44.1 Å². The first-order valence-corrected chi connectivity index (χ1v) is 19.2. The van der Waals surface area contributed by atoms with E-state index >= 15 is 0 Å². The Morgan fingerprint density at radius 3 is 1.46 bits per heavy atom. The van der Waals surface area contributed by atoms with E-state index in [1.807, 2.05) is 97.1 Å². The maximum atomic E-state index is 13.1. The minimum atomic E-state index is -0.181. The first kappa shape index (κ1) is 32.9. The molecule has 4 heterocycles. The lowest BCUT2D eigenvalue weighted by atomic mass is 10.1. The molecule has 9 rings (SSSR count). The third-order valence-electron chi connectivity index (χ3n) is 8.88. The summed E-state index contributed by atoms with van der Waals surface area (Å²) in [5.41, 5.74) is 4.53. The Bertz CT molecular complexity index is 2310. The van der Waals surface area contributed by atoms with Crippen LogP contribution in [0, 0.1) is 0 Å². The van der Waals surface area contributed by atoms with Crippen LogP contribution in [0.4, 0.5) is 22.7 Å². The van der Waals surface area contributed by atoms with E-state index in [0.29, 0.717) is 56.5 Å². The van der Waals surface area contributed by atoms with E-state index in [4.69, 9.17) is 42.7 Å². The molecule has 52 heavy (non-hydrogen) atoms. The van der Waals surface area contributed by atoms with Gasteiger partial charge in [-0.25, -0.2) is 9.98 Å². The molecule has 256 valence electrons. The molecular weight excluding hydrogens is 736 g/mol. The number of fused-ring (bicyclic) bond motifs is 4. The second kappa shape index (κ2) is 13.5. The second-order valence-corrected chi connectivity index (χ2v) is 15.2. The number of ether oxygens (including phenoxy) is 2. The quantitative estimate of drug-likeness (QED) is 0.168. The first-order valence-electron chi connectivity index (χ1n) is 16.4. The van der Waals surface area contributed by atoms with Crippen LogP contribution in [0.3, 0.4) is 0 Å². The van der Waals surface area contributed by atoms with E-state index in [1.54, 1.807) is 57.6 Å². The van der Waals surface area contributed by atoms with Crippen LogP contribution in [0.15, 0.2) is 119 Å². The molecule has 0 saturated carbocycles. The van der Waals surface area contributed by atoms with Crippen LogP contribution in [-0.2, 0) is 9.59 Å². The molecule has 2 unspecified atom stereocenters. The fraction of sp³-hybridized carbons (Fsp3) is 0.100. The molecule has 0 bridgehead atoms. The first-order chi connectivity index (χ1) is 25.4. The zero-order valence-electron chi connectivity index (χ0n) is 27.1. The summed E-state index contributed by atoms with van der Waals surface area (Å²) in [6.07, 6.45) is 8.09. The highest BCUT2D eigenvalue weighted by Crippen LogP contribution is 2.46. The van der Waals surface area contributed by atoms with Crippen molar-refractivity contribution in [1.82, 2.24) is 0 Å². The third-order valence-corrected chi connectivity index (χ3v) is 11.8. The van der Waals surface area contributed by atoms with E-state index in [9.17, 15) is 9.59 Å². The fourth-order valence-corrected chi connectivity index (χ4v) is 8.96. The molecule has 4 aliphatic heterocycles. The average Bonchev–Trinajstić information content (AvgIpc) is 3.75. The molecule has 4 aliphatic rings. The molecule has 2 saturated heterocycles. The van der Waals surface area contributed by atoms with E-state index in [0.717, 1.165) is 11.1 Å². The van der Waals surface area contributed by atoms with Crippen molar-refractivity contribution in [3.8, 4) is 23.0 Å². The zero-order valence-corrected chi connectivity index (χ0v) is 30.3. The summed E-state index contributed by atoms with van der Waals surface area (Å²) in [5.74, 6) is 2.10. The third kappa shape index (κ3) is 5.95. The summed E-state index contributed by atoms with van der Waals surface area (Å²) < 4.78 is 12.7. The number of anilines is 2. The number of rotatable bonds is 6. The Morgan fingerprint density at radius 2 is 1.04 bits per heavy atom. The monoisotopic (exact) mass is 760 g/mol. The zero-order chi connectivity index (χ0) is 35.3. The Balaban J connectivity index is 1.02. The van der Waals surface area contributed by atoms with Gasteiger partial charge in [0.05, 0.1) is 11.5 Å². The number of hydrogen-bond acceptors (Lipinski definition) is 8. The predicted molar refractivity (Wildman–Crippen MR) is 210 cm³/mol. The average molecular weight is 762 g/mol. The maximum Gasteiger partial charge on any atom is 0.238 e. The van der Waals surface area contributed by atoms with Gasteiger partial charge < -0.3 is 9.47 Å². The summed E-state index contributed by atoms with van der Waals surface area (Å²) in [6, 6.07) is 30.8. The highest BCUT2D eigenvalue weighted by atomic mass is 35.5. The van der Waals surface area contributed by atoms with Gasteiger partial charge in [-0.15, -0.1) is 23.5 Å².